The van der Waals surface area contributed by atoms with Gasteiger partial charge in [-0.1, -0.05) is 54.1 Å². The number of nitrogens with zero attached hydrogens (tertiary/aromatic N) is 1. The lowest BCUT2D eigenvalue weighted by molar-refractivity contribution is -0.120. The van der Waals surface area contributed by atoms with Gasteiger partial charge in [0.25, 0.3) is 11.8 Å². The van der Waals surface area contributed by atoms with E-state index in [4.69, 9.17) is 19.9 Å². The Labute approximate surface area is 205 Å². The van der Waals surface area contributed by atoms with Crippen molar-refractivity contribution in [2.45, 2.75) is 32.4 Å². The van der Waals surface area contributed by atoms with E-state index in [-0.39, 0.29) is 35.8 Å². The minimum absolute atomic E-state index is 0.0530. The van der Waals surface area contributed by atoms with Crippen LogP contribution >= 0.6 is 0 Å². The molecule has 0 aliphatic heterocycles. The van der Waals surface area contributed by atoms with Gasteiger partial charge in [-0.05, 0) is 48.6 Å². The van der Waals surface area contributed by atoms with Gasteiger partial charge < -0.3 is 24.8 Å². The fourth-order valence-electron chi connectivity index (χ4n) is 4.53. The largest absolute Gasteiger partial charge is 0.493 e. The lowest BCUT2D eigenvalue weighted by Crippen LogP contribution is -2.33. The monoisotopic (exact) mass is 474 g/mol. The van der Waals surface area contributed by atoms with Gasteiger partial charge in [0.15, 0.2) is 18.1 Å². The first kappa shape index (κ1) is 24.1. The van der Waals surface area contributed by atoms with Gasteiger partial charge in [-0.3, -0.25) is 9.59 Å². The number of aryl methyl sites for hydroxylation is 2. The third-order valence-corrected chi connectivity index (χ3v) is 6.28. The number of carbonyl (C=O) groups excluding carboxylic acids is 2. The number of carbonyl (C=O) groups is 2. The molecule has 3 aromatic carbocycles. The zero-order chi connectivity index (χ0) is 24.9. The second kappa shape index (κ2) is 10.5. The first-order chi connectivity index (χ1) is 16.9. The normalized spacial score (nSPS) is 14.2. The third kappa shape index (κ3) is 5.24. The minimum atomic E-state index is -0.626. The lowest BCUT2D eigenvalue weighted by Gasteiger charge is -2.30. The molecule has 1 atom stereocenters. The number of hydrogen-bond donors (Lipinski definition) is 1. The SMILES string of the molecule is COc1cc(C(=O)N(Cc2ccc(C)cc2)C2CCc3ccccc32)cc(OC)c1OCC(N)=O. The van der Waals surface area contributed by atoms with Gasteiger partial charge in [0.1, 0.15) is 0 Å². The van der Waals surface area contributed by atoms with Crippen LogP contribution in [0.1, 0.15) is 45.1 Å². The number of amides is 2. The Morgan fingerprint density at radius 2 is 1.66 bits per heavy atom. The Kier molecular flexibility index (Phi) is 7.25. The van der Waals surface area contributed by atoms with E-state index in [0.29, 0.717) is 12.1 Å². The molecule has 0 spiro atoms. The molecule has 182 valence electrons. The summed E-state index contributed by atoms with van der Waals surface area (Å²) in [5, 5.41) is 0. The maximum atomic E-state index is 14.0. The average molecular weight is 475 g/mol. The molecule has 0 bridgehead atoms. The van der Waals surface area contributed by atoms with E-state index >= 15 is 0 Å². The Morgan fingerprint density at radius 3 is 2.29 bits per heavy atom. The van der Waals surface area contributed by atoms with E-state index in [1.807, 2.05) is 24.0 Å². The molecule has 7 nitrogen and oxygen atoms in total. The molecule has 2 amide bonds. The Hall–Kier alpha value is -4.00. The summed E-state index contributed by atoms with van der Waals surface area (Å²) in [5.41, 5.74) is 10.3. The van der Waals surface area contributed by atoms with E-state index < -0.39 is 5.91 Å². The Morgan fingerprint density at radius 1 is 1.00 bits per heavy atom. The minimum Gasteiger partial charge on any atom is -0.493 e. The average Bonchev–Trinajstić information content (AvgIpc) is 3.30. The van der Waals surface area contributed by atoms with Crippen LogP contribution < -0.4 is 19.9 Å². The van der Waals surface area contributed by atoms with Crippen LogP contribution in [0.3, 0.4) is 0 Å². The van der Waals surface area contributed by atoms with Gasteiger partial charge in [-0.15, -0.1) is 0 Å². The van der Waals surface area contributed by atoms with Crippen LogP contribution in [0.5, 0.6) is 17.2 Å². The van der Waals surface area contributed by atoms with Gasteiger partial charge >= 0.3 is 0 Å². The van der Waals surface area contributed by atoms with Gasteiger partial charge in [0.05, 0.1) is 20.3 Å². The smallest absolute Gasteiger partial charge is 0.255 e. The van der Waals surface area contributed by atoms with Gasteiger partial charge in [0, 0.05) is 12.1 Å². The van der Waals surface area contributed by atoms with Crippen LogP contribution in [0, 0.1) is 6.92 Å². The second-order valence-electron chi connectivity index (χ2n) is 8.64. The van der Waals surface area contributed by atoms with Gasteiger partial charge in [0.2, 0.25) is 5.75 Å². The number of nitrogens with two attached hydrogens (primary N) is 1. The Bertz CT molecular complexity index is 1200. The predicted molar refractivity (Wildman–Crippen MR) is 133 cm³/mol. The van der Waals surface area contributed by atoms with Crippen molar-refractivity contribution in [2.75, 3.05) is 20.8 Å². The van der Waals surface area contributed by atoms with Crippen molar-refractivity contribution in [1.29, 1.82) is 0 Å². The molecular formula is C28H30N2O5. The van der Waals surface area contributed by atoms with Crippen LogP contribution in [-0.2, 0) is 17.8 Å². The number of ether oxygens (including phenoxy) is 3. The number of primary amides is 1. The molecule has 0 saturated heterocycles. The number of hydrogen-bond acceptors (Lipinski definition) is 5. The van der Waals surface area contributed by atoms with E-state index in [1.54, 1.807) is 12.1 Å². The molecule has 3 aromatic rings. The van der Waals surface area contributed by atoms with Crippen molar-refractivity contribution in [2.24, 2.45) is 5.73 Å². The van der Waals surface area contributed by atoms with E-state index in [1.165, 1.54) is 30.9 Å². The predicted octanol–water partition coefficient (Wildman–Crippen LogP) is 4.21. The summed E-state index contributed by atoms with van der Waals surface area (Å²) < 4.78 is 16.5. The fourth-order valence-corrected chi connectivity index (χ4v) is 4.53. The first-order valence-corrected chi connectivity index (χ1v) is 11.5. The lowest BCUT2D eigenvalue weighted by atomic mass is 10.0. The molecule has 7 heteroatoms. The maximum absolute atomic E-state index is 14.0. The zero-order valence-corrected chi connectivity index (χ0v) is 20.2. The fraction of sp³-hybridized carbons (Fsp3) is 0.286. The van der Waals surface area contributed by atoms with Gasteiger partial charge in [-0.2, -0.15) is 0 Å². The number of rotatable bonds is 9. The highest BCUT2D eigenvalue weighted by Crippen LogP contribution is 2.41. The highest BCUT2D eigenvalue weighted by Gasteiger charge is 2.32. The Balaban J connectivity index is 1.74. The third-order valence-electron chi connectivity index (χ3n) is 6.28. The molecule has 0 aromatic heterocycles. The highest BCUT2D eigenvalue weighted by atomic mass is 16.5. The molecule has 0 heterocycles. The molecular weight excluding hydrogens is 444 g/mol. The molecule has 4 rings (SSSR count). The molecule has 1 aliphatic carbocycles. The zero-order valence-electron chi connectivity index (χ0n) is 20.2. The summed E-state index contributed by atoms with van der Waals surface area (Å²) in [6.07, 6.45) is 1.77. The van der Waals surface area contributed by atoms with E-state index in [0.717, 1.165) is 18.4 Å². The quantitative estimate of drug-likeness (QED) is 0.502. The highest BCUT2D eigenvalue weighted by molar-refractivity contribution is 5.96. The van der Waals surface area contributed by atoms with E-state index in [9.17, 15) is 9.59 Å². The molecule has 1 unspecified atom stereocenters. The van der Waals surface area contributed by atoms with Crippen LogP contribution in [0.2, 0.25) is 0 Å². The second-order valence-corrected chi connectivity index (χ2v) is 8.64. The van der Waals surface area contributed by atoms with Crippen molar-refractivity contribution in [1.82, 2.24) is 4.90 Å². The van der Waals surface area contributed by atoms with Crippen molar-refractivity contribution in [3.8, 4) is 17.2 Å². The maximum Gasteiger partial charge on any atom is 0.255 e. The van der Waals surface area contributed by atoms with Crippen molar-refractivity contribution in [3.05, 3.63) is 88.5 Å². The summed E-state index contributed by atoms with van der Waals surface area (Å²) in [4.78, 5) is 27.2. The topological polar surface area (TPSA) is 91.1 Å². The standard InChI is InChI=1S/C28H30N2O5/c1-18-8-10-19(11-9-18)16-30(23-13-12-20-6-4-5-7-22(20)23)28(32)21-14-24(33-2)27(25(15-21)34-3)35-17-26(29)31/h4-11,14-15,23H,12-13,16-17H2,1-3H3,(H2,29,31). The summed E-state index contributed by atoms with van der Waals surface area (Å²) >= 11 is 0. The van der Waals surface area contributed by atoms with Crippen LogP contribution in [0.25, 0.3) is 0 Å². The molecule has 2 N–H and O–H groups in total. The van der Waals surface area contributed by atoms with Crippen LogP contribution in [-0.4, -0.2) is 37.5 Å². The summed E-state index contributed by atoms with van der Waals surface area (Å²) in [7, 11) is 2.94. The molecule has 0 saturated carbocycles. The number of benzene rings is 3. The van der Waals surface area contributed by atoms with E-state index in [2.05, 4.69) is 36.4 Å². The summed E-state index contributed by atoms with van der Waals surface area (Å²) in [5.74, 6) is 0.0255. The van der Waals surface area contributed by atoms with Crippen molar-refractivity contribution < 1.29 is 23.8 Å². The van der Waals surface area contributed by atoms with Gasteiger partial charge in [-0.25, -0.2) is 0 Å². The van der Waals surface area contributed by atoms with Crippen molar-refractivity contribution >= 4 is 11.8 Å². The van der Waals surface area contributed by atoms with Crippen molar-refractivity contribution in [3.63, 3.8) is 0 Å². The number of methoxy groups -OCH3 is 2. The molecule has 35 heavy (non-hydrogen) atoms. The first-order valence-electron chi connectivity index (χ1n) is 11.5. The summed E-state index contributed by atoms with van der Waals surface area (Å²) in [6.45, 7) is 2.17. The number of fused-ring (bicyclic) bond motifs is 1. The van der Waals surface area contributed by atoms with Crippen LogP contribution in [0.15, 0.2) is 60.7 Å². The van der Waals surface area contributed by atoms with Crippen LogP contribution in [0.4, 0.5) is 0 Å². The molecule has 0 radical (unpaired) electrons. The summed E-state index contributed by atoms with van der Waals surface area (Å²) in [6, 6.07) is 19.7. The molecule has 1 aliphatic rings. The molecule has 0 fully saturated rings.